The molecule has 0 aliphatic heterocycles. The SMILES string of the molecule is C=CCNc1nc(C(=O)OCC(=O)Nc2cc([N+](=O)[O-])ccc2F)cs1. The lowest BCUT2D eigenvalue weighted by Crippen LogP contribution is -2.21. The van der Waals surface area contributed by atoms with Gasteiger partial charge in [0.2, 0.25) is 0 Å². The molecule has 0 radical (unpaired) electrons. The largest absolute Gasteiger partial charge is 0.451 e. The Morgan fingerprint density at radius 2 is 2.23 bits per heavy atom. The molecule has 1 amide bonds. The number of aromatic nitrogens is 1. The van der Waals surface area contributed by atoms with E-state index in [4.69, 9.17) is 4.74 Å². The van der Waals surface area contributed by atoms with Gasteiger partial charge in [-0.3, -0.25) is 14.9 Å². The van der Waals surface area contributed by atoms with Crippen LogP contribution in [0.5, 0.6) is 0 Å². The maximum absolute atomic E-state index is 13.6. The number of amides is 1. The highest BCUT2D eigenvalue weighted by molar-refractivity contribution is 7.13. The molecule has 1 aromatic heterocycles. The zero-order chi connectivity index (χ0) is 19.1. The molecule has 0 spiro atoms. The first-order valence-electron chi connectivity index (χ1n) is 7.12. The van der Waals surface area contributed by atoms with Crippen molar-refractivity contribution < 1.29 is 23.6 Å². The summed E-state index contributed by atoms with van der Waals surface area (Å²) >= 11 is 1.18. The Bertz CT molecular complexity index is 854. The molecule has 2 rings (SSSR count). The van der Waals surface area contributed by atoms with Gasteiger partial charge >= 0.3 is 5.97 Å². The van der Waals surface area contributed by atoms with Gasteiger partial charge in [0, 0.05) is 24.1 Å². The molecule has 1 heterocycles. The minimum Gasteiger partial charge on any atom is -0.451 e. The second kappa shape index (κ2) is 8.67. The monoisotopic (exact) mass is 380 g/mol. The highest BCUT2D eigenvalue weighted by atomic mass is 32.1. The fraction of sp³-hybridized carbons (Fsp3) is 0.133. The van der Waals surface area contributed by atoms with Crippen molar-refractivity contribution in [2.24, 2.45) is 0 Å². The number of ether oxygens (including phenoxy) is 1. The van der Waals surface area contributed by atoms with Crippen molar-refractivity contribution in [2.45, 2.75) is 0 Å². The van der Waals surface area contributed by atoms with Crippen LogP contribution < -0.4 is 10.6 Å². The van der Waals surface area contributed by atoms with Gasteiger partial charge in [-0.2, -0.15) is 0 Å². The molecular weight excluding hydrogens is 367 g/mol. The summed E-state index contributed by atoms with van der Waals surface area (Å²) in [4.78, 5) is 37.5. The van der Waals surface area contributed by atoms with E-state index in [0.29, 0.717) is 11.7 Å². The average Bonchev–Trinajstić information content (AvgIpc) is 3.08. The van der Waals surface area contributed by atoms with Crippen LogP contribution in [0, 0.1) is 15.9 Å². The lowest BCUT2D eigenvalue weighted by atomic mass is 10.2. The van der Waals surface area contributed by atoms with Gasteiger partial charge in [0.05, 0.1) is 10.6 Å². The summed E-state index contributed by atoms with van der Waals surface area (Å²) in [7, 11) is 0. The van der Waals surface area contributed by atoms with Crippen LogP contribution >= 0.6 is 11.3 Å². The summed E-state index contributed by atoms with van der Waals surface area (Å²) < 4.78 is 18.4. The van der Waals surface area contributed by atoms with Gasteiger partial charge in [0.1, 0.15) is 5.82 Å². The molecule has 0 saturated carbocycles. The van der Waals surface area contributed by atoms with E-state index in [1.54, 1.807) is 6.08 Å². The first kappa shape index (κ1) is 19.0. The highest BCUT2D eigenvalue weighted by Gasteiger charge is 2.16. The number of halogens is 1. The molecule has 0 aliphatic rings. The first-order valence-corrected chi connectivity index (χ1v) is 8.00. The van der Waals surface area contributed by atoms with Gasteiger partial charge in [-0.25, -0.2) is 14.2 Å². The number of esters is 1. The second-order valence-electron chi connectivity index (χ2n) is 4.75. The number of thiazole rings is 1. The number of rotatable bonds is 8. The van der Waals surface area contributed by atoms with Gasteiger partial charge in [-0.05, 0) is 6.07 Å². The maximum atomic E-state index is 13.6. The number of carbonyl (C=O) groups excluding carboxylic acids is 2. The van der Waals surface area contributed by atoms with Crippen LogP contribution in [0.2, 0.25) is 0 Å². The van der Waals surface area contributed by atoms with E-state index >= 15 is 0 Å². The second-order valence-corrected chi connectivity index (χ2v) is 5.61. The molecule has 0 fully saturated rings. The van der Waals surface area contributed by atoms with E-state index < -0.39 is 29.2 Å². The van der Waals surface area contributed by atoms with Crippen molar-refractivity contribution in [3.05, 3.63) is 57.9 Å². The fourth-order valence-corrected chi connectivity index (χ4v) is 2.41. The van der Waals surface area contributed by atoms with Crippen LogP contribution in [0.4, 0.5) is 20.9 Å². The van der Waals surface area contributed by atoms with Gasteiger partial charge in [-0.15, -0.1) is 17.9 Å². The van der Waals surface area contributed by atoms with Crippen LogP contribution in [0.3, 0.4) is 0 Å². The minimum absolute atomic E-state index is 0.0101. The third-order valence-corrected chi connectivity index (χ3v) is 3.68. The molecule has 9 nitrogen and oxygen atoms in total. The molecule has 0 bridgehead atoms. The number of nitrogens with one attached hydrogen (secondary N) is 2. The van der Waals surface area contributed by atoms with Crippen LogP contribution in [0.1, 0.15) is 10.5 Å². The number of hydrogen-bond acceptors (Lipinski definition) is 8. The third kappa shape index (κ3) is 5.08. The number of hydrogen-bond donors (Lipinski definition) is 2. The smallest absolute Gasteiger partial charge is 0.358 e. The van der Waals surface area contributed by atoms with Crippen molar-refractivity contribution in [2.75, 3.05) is 23.8 Å². The van der Waals surface area contributed by atoms with Crippen molar-refractivity contribution in [3.8, 4) is 0 Å². The molecule has 2 N–H and O–H groups in total. The summed E-state index contributed by atoms with van der Waals surface area (Å²) in [6, 6.07) is 2.69. The normalized spacial score (nSPS) is 10.0. The molecule has 0 unspecified atom stereocenters. The Morgan fingerprint density at radius 3 is 2.92 bits per heavy atom. The zero-order valence-electron chi connectivity index (χ0n) is 13.2. The van der Waals surface area contributed by atoms with Crippen LogP contribution in [-0.2, 0) is 9.53 Å². The number of benzene rings is 1. The van der Waals surface area contributed by atoms with Gasteiger partial charge in [-0.1, -0.05) is 6.08 Å². The van der Waals surface area contributed by atoms with Gasteiger partial charge < -0.3 is 15.4 Å². The fourth-order valence-electron chi connectivity index (χ4n) is 1.72. The number of nitro groups is 1. The first-order chi connectivity index (χ1) is 12.4. The Morgan fingerprint density at radius 1 is 1.46 bits per heavy atom. The molecule has 26 heavy (non-hydrogen) atoms. The van der Waals surface area contributed by atoms with E-state index in [0.717, 1.165) is 18.2 Å². The van der Waals surface area contributed by atoms with Crippen LogP contribution in [0.25, 0.3) is 0 Å². The maximum Gasteiger partial charge on any atom is 0.358 e. The highest BCUT2D eigenvalue weighted by Crippen LogP contribution is 2.21. The summed E-state index contributed by atoms with van der Waals surface area (Å²) in [6.45, 7) is 3.31. The van der Waals surface area contributed by atoms with Crippen LogP contribution in [0.15, 0.2) is 36.2 Å². The molecular formula is C15H13FN4O5S. The van der Waals surface area contributed by atoms with Crippen molar-refractivity contribution in [1.82, 2.24) is 4.98 Å². The standard InChI is InChI=1S/C15H13FN4O5S/c1-2-5-17-15-19-12(8-26-15)14(22)25-7-13(21)18-11-6-9(20(23)24)3-4-10(11)16/h2-4,6,8H,1,5,7H2,(H,17,19)(H,18,21). The number of nitrogens with zero attached hydrogens (tertiary/aromatic N) is 2. The molecule has 11 heteroatoms. The molecule has 136 valence electrons. The topological polar surface area (TPSA) is 123 Å². The van der Waals surface area contributed by atoms with Gasteiger partial charge in [0.25, 0.3) is 11.6 Å². The van der Waals surface area contributed by atoms with E-state index in [-0.39, 0.29) is 17.1 Å². The molecule has 0 atom stereocenters. The molecule has 0 saturated heterocycles. The number of non-ortho nitro benzene ring substituents is 1. The zero-order valence-corrected chi connectivity index (χ0v) is 14.0. The Balaban J connectivity index is 1.91. The molecule has 2 aromatic rings. The summed E-state index contributed by atoms with van der Waals surface area (Å²) in [5.74, 6) is -2.53. The number of anilines is 2. The Hall–Kier alpha value is -3.34. The third-order valence-electron chi connectivity index (χ3n) is 2.88. The van der Waals surface area contributed by atoms with Crippen molar-refractivity contribution >= 4 is 39.7 Å². The van der Waals surface area contributed by atoms with Crippen LogP contribution in [-0.4, -0.2) is 34.9 Å². The summed E-state index contributed by atoms with van der Waals surface area (Å²) in [5.41, 5.74) is -0.763. The van der Waals surface area contributed by atoms with Gasteiger partial charge in [0.15, 0.2) is 17.4 Å². The van der Waals surface area contributed by atoms with E-state index in [1.807, 2.05) is 0 Å². The number of carbonyl (C=O) groups is 2. The summed E-state index contributed by atoms with van der Waals surface area (Å²) in [6.07, 6.45) is 1.62. The average molecular weight is 380 g/mol. The van der Waals surface area contributed by atoms with E-state index in [2.05, 4.69) is 22.2 Å². The Labute approximate surface area is 150 Å². The molecule has 0 aliphatic carbocycles. The van der Waals surface area contributed by atoms with Crippen molar-refractivity contribution in [1.29, 1.82) is 0 Å². The number of nitro benzene ring substituents is 1. The molecule has 1 aromatic carbocycles. The Kier molecular flexibility index (Phi) is 6.33. The quantitative estimate of drug-likeness (QED) is 0.312. The van der Waals surface area contributed by atoms with E-state index in [1.165, 1.54) is 16.7 Å². The lowest BCUT2D eigenvalue weighted by Gasteiger charge is -2.06. The predicted molar refractivity (Wildman–Crippen MR) is 92.8 cm³/mol. The summed E-state index contributed by atoms with van der Waals surface area (Å²) in [5, 5.41) is 17.6. The minimum atomic E-state index is -0.854. The van der Waals surface area contributed by atoms with E-state index in [9.17, 15) is 24.1 Å². The van der Waals surface area contributed by atoms with Crippen molar-refractivity contribution in [3.63, 3.8) is 0 Å². The lowest BCUT2D eigenvalue weighted by molar-refractivity contribution is -0.384. The predicted octanol–water partition coefficient (Wildman–Crippen LogP) is 2.58.